The number of nitrogens with zero attached hydrogens (tertiary/aromatic N) is 5. The van der Waals surface area contributed by atoms with Crippen LogP contribution >= 0.6 is 37.2 Å². The van der Waals surface area contributed by atoms with Crippen molar-refractivity contribution in [2.45, 2.75) is 88.8 Å². The first-order chi connectivity index (χ1) is 17.7. The van der Waals surface area contributed by atoms with Crippen LogP contribution in [-0.4, -0.2) is 49.7 Å². The number of anilines is 2. The molecule has 0 amide bonds. The van der Waals surface area contributed by atoms with Gasteiger partial charge in [0.2, 0.25) is 5.95 Å². The van der Waals surface area contributed by atoms with Gasteiger partial charge in [0.25, 0.3) is 0 Å². The third-order valence-electron chi connectivity index (χ3n) is 8.49. The van der Waals surface area contributed by atoms with Crippen molar-refractivity contribution in [1.29, 1.82) is 0 Å². The van der Waals surface area contributed by atoms with Crippen LogP contribution in [0.1, 0.15) is 75.8 Å². The summed E-state index contributed by atoms with van der Waals surface area (Å²) in [4.78, 5) is 14.7. The van der Waals surface area contributed by atoms with Crippen LogP contribution in [0.15, 0.2) is 36.7 Å². The third kappa shape index (κ3) is 7.67. The molecule has 6 rings (SSSR count). The van der Waals surface area contributed by atoms with Crippen LogP contribution in [0.5, 0.6) is 0 Å². The van der Waals surface area contributed by atoms with Gasteiger partial charge < -0.3 is 21.0 Å². The molecule has 0 spiro atoms. The highest BCUT2D eigenvalue weighted by Crippen LogP contribution is 2.34. The Bertz CT molecular complexity index is 1140. The summed E-state index contributed by atoms with van der Waals surface area (Å²) in [7, 11) is 0. The minimum absolute atomic E-state index is 0. The van der Waals surface area contributed by atoms with Crippen LogP contribution in [-0.2, 0) is 6.42 Å². The fourth-order valence-corrected chi connectivity index (χ4v) is 6.30. The smallest absolute Gasteiger partial charge is 0.227 e. The first-order valence-corrected chi connectivity index (χ1v) is 14.0. The first-order valence-electron chi connectivity index (χ1n) is 14.0. The Labute approximate surface area is 250 Å². The van der Waals surface area contributed by atoms with Crippen LogP contribution in [0, 0.1) is 5.92 Å². The second-order valence-corrected chi connectivity index (χ2v) is 11.1. The predicted molar refractivity (Wildman–Crippen MR) is 166 cm³/mol. The van der Waals surface area contributed by atoms with Gasteiger partial charge in [0.1, 0.15) is 0 Å². The van der Waals surface area contributed by atoms with Gasteiger partial charge in [-0.25, -0.2) is 9.99 Å². The Hall–Kier alpha value is -1.84. The van der Waals surface area contributed by atoms with Crippen LogP contribution in [0.2, 0.25) is 0 Å². The van der Waals surface area contributed by atoms with Crippen molar-refractivity contribution >= 4 is 60.2 Å². The SMILES string of the molecule is Cl.Cl.Cl.N[C@H]1CC[C@H](Nc2nc(NN3CCC(Cc4ccccc4)CC3)c3ncn(C4CCCC4)c3n2)CC1. The van der Waals surface area contributed by atoms with Crippen LogP contribution in [0.25, 0.3) is 11.2 Å². The number of hydrogen-bond acceptors (Lipinski definition) is 7. The monoisotopic (exact) mass is 596 g/mol. The van der Waals surface area contributed by atoms with E-state index in [0.717, 1.165) is 68.1 Å². The Morgan fingerprint density at radius 1 is 0.846 bits per heavy atom. The number of nitrogens with two attached hydrogens (primary N) is 1. The highest BCUT2D eigenvalue weighted by molar-refractivity contribution is 5.86. The molecule has 2 saturated carbocycles. The minimum Gasteiger partial charge on any atom is -0.351 e. The number of halogens is 3. The molecule has 3 fully saturated rings. The molecule has 216 valence electrons. The largest absolute Gasteiger partial charge is 0.351 e. The predicted octanol–water partition coefficient (Wildman–Crippen LogP) is 6.17. The fraction of sp³-hybridized carbons (Fsp3) is 0.607. The Kier molecular flexibility index (Phi) is 11.9. The first kappa shape index (κ1) is 31.7. The lowest BCUT2D eigenvalue weighted by atomic mass is 9.91. The maximum atomic E-state index is 6.14. The van der Waals surface area contributed by atoms with E-state index in [1.807, 2.05) is 6.33 Å². The molecular weight excluding hydrogens is 555 g/mol. The molecule has 0 unspecified atom stereocenters. The maximum Gasteiger partial charge on any atom is 0.227 e. The molecule has 0 atom stereocenters. The molecule has 8 nitrogen and oxygen atoms in total. The zero-order chi connectivity index (χ0) is 24.3. The number of nitrogens with one attached hydrogen (secondary N) is 2. The van der Waals surface area contributed by atoms with Crippen LogP contribution < -0.4 is 16.5 Å². The molecule has 0 bridgehead atoms. The van der Waals surface area contributed by atoms with E-state index >= 15 is 0 Å². The second-order valence-electron chi connectivity index (χ2n) is 11.1. The van der Waals surface area contributed by atoms with Crippen molar-refractivity contribution in [2.75, 3.05) is 23.8 Å². The van der Waals surface area contributed by atoms with E-state index in [1.54, 1.807) is 0 Å². The van der Waals surface area contributed by atoms with Gasteiger partial charge in [-0.05, 0) is 69.3 Å². The van der Waals surface area contributed by atoms with E-state index in [1.165, 1.54) is 44.1 Å². The number of hydrazine groups is 1. The van der Waals surface area contributed by atoms with Gasteiger partial charge in [0.05, 0.1) is 6.33 Å². The number of rotatable bonds is 7. The lowest BCUT2D eigenvalue weighted by molar-refractivity contribution is 0.216. The van der Waals surface area contributed by atoms with Gasteiger partial charge in [-0.3, -0.25) is 0 Å². The van der Waals surface area contributed by atoms with E-state index < -0.39 is 0 Å². The van der Waals surface area contributed by atoms with Crippen molar-refractivity contribution in [3.8, 4) is 0 Å². The van der Waals surface area contributed by atoms with Crippen molar-refractivity contribution in [3.05, 3.63) is 42.2 Å². The molecule has 2 aliphatic carbocycles. The summed E-state index contributed by atoms with van der Waals surface area (Å²) in [6, 6.07) is 12.1. The lowest BCUT2D eigenvalue weighted by Crippen LogP contribution is -2.39. The third-order valence-corrected chi connectivity index (χ3v) is 8.49. The quantitative estimate of drug-likeness (QED) is 0.300. The molecule has 0 radical (unpaired) electrons. The fourth-order valence-electron chi connectivity index (χ4n) is 6.30. The summed E-state index contributed by atoms with van der Waals surface area (Å²) in [6.07, 6.45) is 14.7. The minimum atomic E-state index is 0. The lowest BCUT2D eigenvalue weighted by Gasteiger charge is -2.32. The average molecular weight is 598 g/mol. The van der Waals surface area contributed by atoms with Gasteiger partial charge in [0, 0.05) is 31.2 Å². The Balaban J connectivity index is 0.00000140. The van der Waals surface area contributed by atoms with E-state index in [4.69, 9.17) is 20.7 Å². The van der Waals surface area contributed by atoms with E-state index in [0.29, 0.717) is 24.1 Å². The molecule has 1 aromatic carbocycles. The van der Waals surface area contributed by atoms with E-state index in [-0.39, 0.29) is 37.2 Å². The van der Waals surface area contributed by atoms with Crippen LogP contribution in [0.3, 0.4) is 0 Å². The molecular formula is C28H43Cl3N8. The van der Waals surface area contributed by atoms with E-state index in [9.17, 15) is 0 Å². The van der Waals surface area contributed by atoms with Crippen molar-refractivity contribution in [2.24, 2.45) is 11.7 Å². The summed E-state index contributed by atoms with van der Waals surface area (Å²) in [5, 5.41) is 5.96. The standard InChI is InChI=1S/C28H40N8.3ClH/c29-22-10-12-23(13-11-22)31-28-32-26(25-27(33-28)36(19-30-25)24-8-4-5-9-24)34-35-16-14-21(15-17-35)18-20-6-2-1-3-7-20;;;/h1-3,6-7,19,21-24H,4-5,8-18,29H2,(H2,31,32,33,34);3*1H/t22-,23-;;;. The molecule has 1 aliphatic heterocycles. The van der Waals surface area contributed by atoms with Crippen molar-refractivity contribution in [3.63, 3.8) is 0 Å². The Morgan fingerprint density at radius 2 is 1.54 bits per heavy atom. The summed E-state index contributed by atoms with van der Waals surface area (Å²) < 4.78 is 2.29. The molecule has 39 heavy (non-hydrogen) atoms. The van der Waals surface area contributed by atoms with Gasteiger partial charge in [-0.2, -0.15) is 9.97 Å². The molecule has 3 heterocycles. The highest BCUT2D eigenvalue weighted by Gasteiger charge is 2.25. The number of imidazole rings is 1. The average Bonchev–Trinajstić information content (AvgIpc) is 3.58. The number of piperidine rings is 1. The number of benzene rings is 1. The molecule has 2 aromatic heterocycles. The summed E-state index contributed by atoms with van der Waals surface area (Å²) >= 11 is 0. The Morgan fingerprint density at radius 3 is 2.23 bits per heavy atom. The van der Waals surface area contributed by atoms with Crippen molar-refractivity contribution in [1.82, 2.24) is 24.5 Å². The molecule has 3 aromatic rings. The van der Waals surface area contributed by atoms with E-state index in [2.05, 4.69) is 50.7 Å². The van der Waals surface area contributed by atoms with Crippen molar-refractivity contribution < 1.29 is 0 Å². The number of hydrogen-bond donors (Lipinski definition) is 3. The topological polar surface area (TPSA) is 96.9 Å². The normalized spacial score (nSPS) is 22.5. The summed E-state index contributed by atoms with van der Waals surface area (Å²) in [5.74, 6) is 2.27. The number of fused-ring (bicyclic) bond motifs is 1. The molecule has 4 N–H and O–H groups in total. The number of aromatic nitrogens is 4. The maximum absolute atomic E-state index is 6.14. The summed E-state index contributed by atoms with van der Waals surface area (Å²) in [5.41, 5.74) is 13.1. The van der Waals surface area contributed by atoms with Gasteiger partial charge in [-0.15, -0.1) is 37.2 Å². The van der Waals surface area contributed by atoms with Gasteiger partial charge >= 0.3 is 0 Å². The summed E-state index contributed by atoms with van der Waals surface area (Å²) in [6.45, 7) is 2.02. The highest BCUT2D eigenvalue weighted by atomic mass is 35.5. The molecule has 3 aliphatic rings. The zero-order valence-corrected chi connectivity index (χ0v) is 25.0. The molecule has 11 heteroatoms. The molecule has 1 saturated heterocycles. The second kappa shape index (κ2) is 14.7. The van der Waals surface area contributed by atoms with Gasteiger partial charge in [0.15, 0.2) is 17.0 Å². The van der Waals surface area contributed by atoms with Crippen LogP contribution in [0.4, 0.5) is 11.8 Å². The van der Waals surface area contributed by atoms with Gasteiger partial charge in [-0.1, -0.05) is 43.2 Å². The zero-order valence-electron chi connectivity index (χ0n) is 22.5.